The van der Waals surface area contributed by atoms with Gasteiger partial charge in [-0.25, -0.2) is 0 Å². The van der Waals surface area contributed by atoms with E-state index in [0.717, 1.165) is 56.8 Å². The van der Waals surface area contributed by atoms with Gasteiger partial charge >= 0.3 is 5.97 Å². The second-order valence-electron chi connectivity index (χ2n) is 6.36. The first kappa shape index (κ1) is 19.6. The van der Waals surface area contributed by atoms with E-state index in [1.165, 1.54) is 0 Å². The molecule has 1 unspecified atom stereocenters. The first-order chi connectivity index (χ1) is 12.2. The van der Waals surface area contributed by atoms with Crippen molar-refractivity contribution in [2.75, 3.05) is 39.5 Å². The summed E-state index contributed by atoms with van der Waals surface area (Å²) in [5, 5.41) is 0. The Hall–Kier alpha value is -1.75. The molecule has 0 saturated carbocycles. The topological polar surface area (TPSA) is 48.0 Å². The number of esters is 1. The standard InChI is InChI=1S/C20H31NO4/c1-3-23-18-10-7-11-19(15-18)25-14-6-5-12-21-13-8-9-17(16-21)20(22)24-4-2/h7,10-11,15,17H,3-6,8-9,12-14,16H2,1-2H3. The van der Waals surface area contributed by atoms with Crippen LogP contribution < -0.4 is 9.47 Å². The van der Waals surface area contributed by atoms with Crippen molar-refractivity contribution >= 4 is 5.97 Å². The lowest BCUT2D eigenvalue weighted by Crippen LogP contribution is -2.39. The lowest BCUT2D eigenvalue weighted by molar-refractivity contribution is -0.149. The third kappa shape index (κ3) is 6.94. The molecule has 25 heavy (non-hydrogen) atoms. The Balaban J connectivity index is 1.62. The van der Waals surface area contributed by atoms with Crippen molar-refractivity contribution in [3.63, 3.8) is 0 Å². The Kier molecular flexibility index (Phi) is 8.60. The quantitative estimate of drug-likeness (QED) is 0.478. The molecule has 5 nitrogen and oxygen atoms in total. The lowest BCUT2D eigenvalue weighted by Gasteiger charge is -2.31. The molecule has 1 aromatic rings. The number of carbonyl (C=O) groups excluding carboxylic acids is 1. The van der Waals surface area contributed by atoms with Gasteiger partial charge in [0.05, 0.1) is 25.7 Å². The zero-order valence-electron chi connectivity index (χ0n) is 15.5. The molecule has 0 bridgehead atoms. The lowest BCUT2D eigenvalue weighted by atomic mass is 9.98. The number of benzene rings is 1. The summed E-state index contributed by atoms with van der Waals surface area (Å²) in [5.74, 6) is 1.71. The zero-order chi connectivity index (χ0) is 17.9. The highest BCUT2D eigenvalue weighted by atomic mass is 16.5. The SMILES string of the molecule is CCOC(=O)C1CCCN(CCCCOc2cccc(OCC)c2)C1. The van der Waals surface area contributed by atoms with Gasteiger partial charge in [-0.1, -0.05) is 6.07 Å². The summed E-state index contributed by atoms with van der Waals surface area (Å²) in [6.45, 7) is 8.58. The molecule has 1 fully saturated rings. The minimum atomic E-state index is -0.0373. The van der Waals surface area contributed by atoms with E-state index in [1.807, 2.05) is 38.1 Å². The monoisotopic (exact) mass is 349 g/mol. The fourth-order valence-corrected chi connectivity index (χ4v) is 3.16. The van der Waals surface area contributed by atoms with E-state index in [-0.39, 0.29) is 11.9 Å². The van der Waals surface area contributed by atoms with Crippen molar-refractivity contribution in [1.29, 1.82) is 0 Å². The van der Waals surface area contributed by atoms with Crippen LogP contribution in [0.3, 0.4) is 0 Å². The van der Waals surface area contributed by atoms with Gasteiger partial charge in [0, 0.05) is 12.6 Å². The van der Waals surface area contributed by atoms with E-state index in [2.05, 4.69) is 4.90 Å². The summed E-state index contributed by atoms with van der Waals surface area (Å²) in [6, 6.07) is 7.77. The van der Waals surface area contributed by atoms with Gasteiger partial charge in [-0.2, -0.15) is 0 Å². The molecular weight excluding hydrogens is 318 g/mol. The second kappa shape index (κ2) is 11.0. The molecule has 1 aliphatic heterocycles. The van der Waals surface area contributed by atoms with Crippen molar-refractivity contribution in [1.82, 2.24) is 4.90 Å². The fourth-order valence-electron chi connectivity index (χ4n) is 3.16. The number of nitrogens with zero attached hydrogens (tertiary/aromatic N) is 1. The molecule has 2 rings (SSSR count). The fraction of sp³-hybridized carbons (Fsp3) is 0.650. The summed E-state index contributed by atoms with van der Waals surface area (Å²) in [4.78, 5) is 14.2. The first-order valence-corrected chi connectivity index (χ1v) is 9.47. The maximum atomic E-state index is 11.9. The van der Waals surface area contributed by atoms with Crippen LogP contribution in [-0.2, 0) is 9.53 Å². The first-order valence-electron chi connectivity index (χ1n) is 9.47. The Morgan fingerprint density at radius 3 is 2.72 bits per heavy atom. The number of ether oxygens (including phenoxy) is 3. The smallest absolute Gasteiger partial charge is 0.310 e. The maximum Gasteiger partial charge on any atom is 0.310 e. The Morgan fingerprint density at radius 2 is 1.96 bits per heavy atom. The Morgan fingerprint density at radius 1 is 1.16 bits per heavy atom. The van der Waals surface area contributed by atoms with Crippen molar-refractivity contribution in [3.05, 3.63) is 24.3 Å². The van der Waals surface area contributed by atoms with E-state index in [0.29, 0.717) is 19.8 Å². The Bertz CT molecular complexity index is 520. The summed E-state index contributed by atoms with van der Waals surface area (Å²) in [6.07, 6.45) is 4.10. The van der Waals surface area contributed by atoms with Crippen molar-refractivity contribution in [3.8, 4) is 11.5 Å². The minimum Gasteiger partial charge on any atom is -0.494 e. The molecule has 0 spiro atoms. The molecule has 140 valence electrons. The predicted octanol–water partition coefficient (Wildman–Crippen LogP) is 3.52. The molecule has 1 saturated heterocycles. The summed E-state index contributed by atoms with van der Waals surface area (Å²) < 4.78 is 16.4. The molecule has 0 aliphatic carbocycles. The Labute approximate surface area is 151 Å². The van der Waals surface area contributed by atoms with Gasteiger partial charge < -0.3 is 19.1 Å². The highest BCUT2D eigenvalue weighted by Gasteiger charge is 2.26. The van der Waals surface area contributed by atoms with Crippen LogP contribution in [0.15, 0.2) is 24.3 Å². The molecule has 0 N–H and O–H groups in total. The van der Waals surface area contributed by atoms with E-state index in [4.69, 9.17) is 14.2 Å². The highest BCUT2D eigenvalue weighted by Crippen LogP contribution is 2.20. The molecule has 0 aromatic heterocycles. The number of hydrogen-bond acceptors (Lipinski definition) is 5. The van der Waals surface area contributed by atoms with Gasteiger partial charge in [-0.3, -0.25) is 4.79 Å². The molecule has 1 heterocycles. The summed E-state index contributed by atoms with van der Waals surface area (Å²) in [7, 11) is 0. The van der Waals surface area contributed by atoms with Crippen molar-refractivity contribution in [2.24, 2.45) is 5.92 Å². The number of rotatable bonds is 10. The van der Waals surface area contributed by atoms with Crippen LogP contribution in [0.2, 0.25) is 0 Å². The van der Waals surface area contributed by atoms with Gasteiger partial charge in [0.15, 0.2) is 0 Å². The van der Waals surface area contributed by atoms with E-state index in [9.17, 15) is 4.79 Å². The van der Waals surface area contributed by atoms with Crippen molar-refractivity contribution < 1.29 is 19.0 Å². The molecule has 1 atom stereocenters. The predicted molar refractivity (Wildman–Crippen MR) is 98.1 cm³/mol. The normalized spacial score (nSPS) is 17.9. The van der Waals surface area contributed by atoms with E-state index < -0.39 is 0 Å². The maximum absolute atomic E-state index is 11.9. The summed E-state index contributed by atoms with van der Waals surface area (Å²) >= 11 is 0. The van der Waals surface area contributed by atoms with Crippen LogP contribution >= 0.6 is 0 Å². The molecule has 1 aromatic carbocycles. The molecular formula is C20H31NO4. The van der Waals surface area contributed by atoms with Gasteiger partial charge in [-0.15, -0.1) is 0 Å². The average molecular weight is 349 g/mol. The van der Waals surface area contributed by atoms with E-state index >= 15 is 0 Å². The van der Waals surface area contributed by atoms with E-state index in [1.54, 1.807) is 0 Å². The van der Waals surface area contributed by atoms with Crippen LogP contribution in [0.5, 0.6) is 11.5 Å². The highest BCUT2D eigenvalue weighted by molar-refractivity contribution is 5.72. The van der Waals surface area contributed by atoms with Crippen molar-refractivity contribution in [2.45, 2.75) is 39.5 Å². The molecule has 5 heteroatoms. The number of likely N-dealkylation sites (tertiary alicyclic amines) is 1. The minimum absolute atomic E-state index is 0.0373. The molecule has 1 aliphatic rings. The van der Waals surface area contributed by atoms with Gasteiger partial charge in [-0.05, 0) is 64.8 Å². The summed E-state index contributed by atoms with van der Waals surface area (Å²) in [5.41, 5.74) is 0. The van der Waals surface area contributed by atoms with Gasteiger partial charge in [0.1, 0.15) is 11.5 Å². The van der Waals surface area contributed by atoms with Gasteiger partial charge in [0.2, 0.25) is 0 Å². The third-order valence-corrected chi connectivity index (χ3v) is 4.38. The largest absolute Gasteiger partial charge is 0.494 e. The van der Waals surface area contributed by atoms with Crippen LogP contribution in [-0.4, -0.2) is 50.3 Å². The third-order valence-electron chi connectivity index (χ3n) is 4.38. The average Bonchev–Trinajstić information content (AvgIpc) is 2.62. The number of hydrogen-bond donors (Lipinski definition) is 0. The van der Waals surface area contributed by atoms with Crippen LogP contribution in [0.4, 0.5) is 0 Å². The zero-order valence-corrected chi connectivity index (χ0v) is 15.5. The van der Waals surface area contributed by atoms with Crippen LogP contribution in [0.1, 0.15) is 39.5 Å². The van der Waals surface area contributed by atoms with Crippen LogP contribution in [0.25, 0.3) is 0 Å². The number of carbonyl (C=O) groups is 1. The van der Waals surface area contributed by atoms with Gasteiger partial charge in [0.25, 0.3) is 0 Å². The number of unbranched alkanes of at least 4 members (excludes halogenated alkanes) is 1. The number of piperidine rings is 1. The second-order valence-corrected chi connectivity index (χ2v) is 6.36. The van der Waals surface area contributed by atoms with Crippen LogP contribution in [0, 0.1) is 5.92 Å². The molecule has 0 radical (unpaired) electrons. The molecule has 0 amide bonds.